The molecule has 18 heavy (non-hydrogen) atoms. The Bertz CT molecular complexity index is 593. The average Bonchev–Trinajstić information content (AvgIpc) is 2.35. The molecule has 0 aliphatic heterocycles. The minimum absolute atomic E-state index is 0.111. The molecular weight excluding hydrogens is 251 g/mol. The maximum absolute atomic E-state index is 13.6. The van der Waals surface area contributed by atoms with Gasteiger partial charge in [-0.25, -0.2) is 4.39 Å². The summed E-state index contributed by atoms with van der Waals surface area (Å²) in [6, 6.07) is 11.6. The van der Waals surface area contributed by atoms with Crippen LogP contribution < -0.4 is 0 Å². The van der Waals surface area contributed by atoms with E-state index in [0.29, 0.717) is 10.6 Å². The van der Waals surface area contributed by atoms with Gasteiger partial charge >= 0.3 is 0 Å². The lowest BCUT2D eigenvalue weighted by Gasteiger charge is -2.05. The van der Waals surface area contributed by atoms with Crippen molar-refractivity contribution in [3.8, 4) is 0 Å². The molecule has 1 nitrogen and oxygen atoms in total. The quantitative estimate of drug-likeness (QED) is 0.757. The van der Waals surface area contributed by atoms with E-state index >= 15 is 0 Å². The molecule has 0 radical (unpaired) electrons. The van der Waals surface area contributed by atoms with E-state index in [-0.39, 0.29) is 17.8 Å². The summed E-state index contributed by atoms with van der Waals surface area (Å²) in [7, 11) is 0. The third kappa shape index (κ3) is 2.77. The molecule has 2 aromatic rings. The molecular formula is C15H12ClFO. The lowest BCUT2D eigenvalue weighted by molar-refractivity contribution is 0.0989. The number of hydrogen-bond acceptors (Lipinski definition) is 1. The number of carbonyl (C=O) groups excluding carboxylic acids is 1. The molecule has 0 aliphatic rings. The lowest BCUT2D eigenvalue weighted by Crippen LogP contribution is -2.07. The van der Waals surface area contributed by atoms with Crippen LogP contribution in [-0.4, -0.2) is 5.78 Å². The molecule has 0 saturated heterocycles. The summed E-state index contributed by atoms with van der Waals surface area (Å²) in [5.74, 6) is -0.748. The highest BCUT2D eigenvalue weighted by Gasteiger charge is 2.13. The van der Waals surface area contributed by atoms with Gasteiger partial charge in [-0.3, -0.25) is 4.79 Å². The molecule has 0 heterocycles. The van der Waals surface area contributed by atoms with Gasteiger partial charge in [0, 0.05) is 11.4 Å². The molecule has 0 amide bonds. The van der Waals surface area contributed by atoms with E-state index in [9.17, 15) is 9.18 Å². The number of aryl methyl sites for hydroxylation is 1. The number of hydrogen-bond donors (Lipinski definition) is 0. The fourth-order valence-electron chi connectivity index (χ4n) is 1.76. The van der Waals surface area contributed by atoms with Crippen LogP contribution in [0, 0.1) is 12.7 Å². The van der Waals surface area contributed by atoms with Gasteiger partial charge < -0.3 is 0 Å². The second-order valence-corrected chi connectivity index (χ2v) is 4.58. The Balaban J connectivity index is 2.28. The van der Waals surface area contributed by atoms with Crippen molar-refractivity contribution in [1.82, 2.24) is 0 Å². The smallest absolute Gasteiger partial charge is 0.170 e. The van der Waals surface area contributed by atoms with Crippen LogP contribution in [0.1, 0.15) is 21.5 Å². The third-order valence-electron chi connectivity index (χ3n) is 2.73. The minimum atomic E-state index is -0.488. The van der Waals surface area contributed by atoms with Crippen molar-refractivity contribution in [2.75, 3.05) is 0 Å². The Hall–Kier alpha value is -1.67. The molecule has 0 spiro atoms. The molecule has 3 heteroatoms. The highest BCUT2D eigenvalue weighted by atomic mass is 35.5. The standard InChI is InChI=1S/C15H12ClFO/c1-10-6-7-14(17)12(8-10)15(18)9-11-4-2-3-5-13(11)16/h2-8H,9H2,1H3. The summed E-state index contributed by atoms with van der Waals surface area (Å²) in [6.45, 7) is 1.83. The fourth-order valence-corrected chi connectivity index (χ4v) is 1.97. The molecule has 2 aromatic carbocycles. The van der Waals surface area contributed by atoms with Crippen molar-refractivity contribution < 1.29 is 9.18 Å². The van der Waals surface area contributed by atoms with Crippen LogP contribution in [0.25, 0.3) is 0 Å². The van der Waals surface area contributed by atoms with E-state index in [2.05, 4.69) is 0 Å². The number of rotatable bonds is 3. The van der Waals surface area contributed by atoms with Crippen LogP contribution >= 0.6 is 11.6 Å². The average molecular weight is 263 g/mol. The third-order valence-corrected chi connectivity index (χ3v) is 3.10. The van der Waals surface area contributed by atoms with Crippen molar-refractivity contribution in [2.45, 2.75) is 13.3 Å². The summed E-state index contributed by atoms with van der Waals surface area (Å²) in [5.41, 5.74) is 1.69. The first-order valence-corrected chi connectivity index (χ1v) is 5.98. The molecule has 0 aliphatic carbocycles. The maximum Gasteiger partial charge on any atom is 0.170 e. The zero-order chi connectivity index (χ0) is 13.1. The lowest BCUT2D eigenvalue weighted by atomic mass is 10.0. The summed E-state index contributed by atoms with van der Waals surface area (Å²) in [6.07, 6.45) is 0.111. The van der Waals surface area contributed by atoms with E-state index in [1.54, 1.807) is 36.4 Å². The topological polar surface area (TPSA) is 17.1 Å². The second kappa shape index (κ2) is 5.32. The number of Topliss-reactive ketones (excluding diaryl/α,β-unsaturated/α-hetero) is 1. The van der Waals surface area contributed by atoms with Crippen LogP contribution in [0.3, 0.4) is 0 Å². The number of carbonyl (C=O) groups is 1. The normalized spacial score (nSPS) is 10.4. The van der Waals surface area contributed by atoms with E-state index in [1.165, 1.54) is 6.07 Å². The molecule has 0 atom stereocenters. The van der Waals surface area contributed by atoms with Crippen LogP contribution in [0.5, 0.6) is 0 Å². The number of benzene rings is 2. The molecule has 0 N–H and O–H groups in total. The first kappa shape index (κ1) is 12.8. The maximum atomic E-state index is 13.6. The molecule has 92 valence electrons. The largest absolute Gasteiger partial charge is 0.294 e. The fraction of sp³-hybridized carbons (Fsp3) is 0.133. The molecule has 0 fully saturated rings. The number of ketones is 1. The van der Waals surface area contributed by atoms with Crippen LogP contribution in [0.15, 0.2) is 42.5 Å². The summed E-state index contributed by atoms with van der Waals surface area (Å²) >= 11 is 5.98. The van der Waals surface area contributed by atoms with Crippen molar-refractivity contribution in [2.24, 2.45) is 0 Å². The number of halogens is 2. The predicted octanol–water partition coefficient (Wildman–Crippen LogP) is 4.21. The first-order chi connectivity index (χ1) is 8.58. The first-order valence-electron chi connectivity index (χ1n) is 5.60. The van der Waals surface area contributed by atoms with Gasteiger partial charge in [-0.05, 0) is 30.7 Å². The van der Waals surface area contributed by atoms with E-state index in [0.717, 1.165) is 5.56 Å². The Morgan fingerprint density at radius 2 is 1.94 bits per heavy atom. The molecule has 0 aromatic heterocycles. The Kier molecular flexibility index (Phi) is 3.78. The molecule has 0 saturated carbocycles. The van der Waals surface area contributed by atoms with Gasteiger partial charge in [-0.15, -0.1) is 0 Å². The summed E-state index contributed by atoms with van der Waals surface area (Å²) < 4.78 is 13.6. The van der Waals surface area contributed by atoms with Crippen LogP contribution in [0.2, 0.25) is 5.02 Å². The minimum Gasteiger partial charge on any atom is -0.294 e. The highest BCUT2D eigenvalue weighted by molar-refractivity contribution is 6.31. The van der Waals surface area contributed by atoms with Gasteiger partial charge in [-0.2, -0.15) is 0 Å². The van der Waals surface area contributed by atoms with Crippen molar-refractivity contribution in [3.63, 3.8) is 0 Å². The van der Waals surface area contributed by atoms with Crippen LogP contribution in [0.4, 0.5) is 4.39 Å². The Labute approximate surface area is 110 Å². The van der Waals surface area contributed by atoms with E-state index < -0.39 is 5.82 Å². The highest BCUT2D eigenvalue weighted by Crippen LogP contribution is 2.19. The van der Waals surface area contributed by atoms with E-state index in [4.69, 9.17) is 11.6 Å². The van der Waals surface area contributed by atoms with Crippen molar-refractivity contribution in [3.05, 3.63) is 70.0 Å². The van der Waals surface area contributed by atoms with Gasteiger partial charge in [0.05, 0.1) is 5.56 Å². The van der Waals surface area contributed by atoms with Crippen molar-refractivity contribution >= 4 is 17.4 Å². The second-order valence-electron chi connectivity index (χ2n) is 4.17. The van der Waals surface area contributed by atoms with Gasteiger partial charge in [0.15, 0.2) is 5.78 Å². The van der Waals surface area contributed by atoms with E-state index in [1.807, 2.05) is 6.92 Å². The van der Waals surface area contributed by atoms with Gasteiger partial charge in [-0.1, -0.05) is 41.4 Å². The van der Waals surface area contributed by atoms with Gasteiger partial charge in [0.25, 0.3) is 0 Å². The SMILES string of the molecule is Cc1ccc(F)c(C(=O)Cc2ccccc2Cl)c1. The summed E-state index contributed by atoms with van der Waals surface area (Å²) in [4.78, 5) is 12.0. The Morgan fingerprint density at radius 3 is 2.67 bits per heavy atom. The summed E-state index contributed by atoms with van der Waals surface area (Å²) in [5, 5.41) is 0.527. The predicted molar refractivity (Wildman–Crippen MR) is 70.6 cm³/mol. The molecule has 2 rings (SSSR count). The van der Waals surface area contributed by atoms with Gasteiger partial charge in [0.1, 0.15) is 5.82 Å². The van der Waals surface area contributed by atoms with Crippen LogP contribution in [-0.2, 0) is 6.42 Å². The molecule has 0 unspecified atom stereocenters. The monoisotopic (exact) mass is 262 g/mol. The Morgan fingerprint density at radius 1 is 1.22 bits per heavy atom. The zero-order valence-electron chi connectivity index (χ0n) is 9.91. The zero-order valence-corrected chi connectivity index (χ0v) is 10.7. The van der Waals surface area contributed by atoms with Crippen molar-refractivity contribution in [1.29, 1.82) is 0 Å². The molecule has 0 bridgehead atoms. The van der Waals surface area contributed by atoms with Gasteiger partial charge in [0.2, 0.25) is 0 Å².